The van der Waals surface area contributed by atoms with Crippen molar-refractivity contribution in [1.82, 2.24) is 19.8 Å². The summed E-state index contributed by atoms with van der Waals surface area (Å²) in [5.74, 6) is 1.44. The van der Waals surface area contributed by atoms with Crippen LogP contribution in [0.15, 0.2) is 30.9 Å². The van der Waals surface area contributed by atoms with Gasteiger partial charge in [0.05, 0.1) is 5.56 Å². The number of likely N-dealkylation sites (N-methyl/N-ethyl adjacent to an activating group) is 1. The predicted octanol–water partition coefficient (Wildman–Crippen LogP) is 3.99. The molecule has 202 valence electrons. The van der Waals surface area contributed by atoms with Gasteiger partial charge in [0, 0.05) is 42.8 Å². The SMILES string of the molecule is C=CC(=O)N1CCN(c2nc(OC[C@@H]3CCCN3C)nc3c2CCC2(CCCc4cccc(Cl)c42)O3)CC1. The number of amides is 1. The van der Waals surface area contributed by atoms with E-state index in [4.69, 9.17) is 31.0 Å². The fourth-order valence-electron chi connectivity index (χ4n) is 6.58. The minimum atomic E-state index is -0.484. The molecule has 2 saturated heterocycles. The van der Waals surface area contributed by atoms with Gasteiger partial charge in [-0.25, -0.2) is 0 Å². The van der Waals surface area contributed by atoms with Gasteiger partial charge >= 0.3 is 6.01 Å². The number of hydrogen-bond acceptors (Lipinski definition) is 7. The standard InChI is InChI=1S/C29H36ClN5O3/c1-3-24(36)34-15-17-35(18-16-34)26-22-11-13-29(12-5-8-20-7-4-10-23(30)25(20)29)38-27(22)32-28(31-26)37-19-21-9-6-14-33(21)2/h3-4,7,10,21H,1,5-6,8-9,11-19H2,2H3/t21-,29?/m0/s1. The first-order chi connectivity index (χ1) is 18.5. The van der Waals surface area contributed by atoms with Gasteiger partial charge in [0.25, 0.3) is 0 Å². The Balaban J connectivity index is 1.33. The number of carbonyl (C=O) groups excluding carboxylic acids is 1. The van der Waals surface area contributed by atoms with Crippen LogP contribution in [-0.4, -0.2) is 78.1 Å². The minimum absolute atomic E-state index is 0.0304. The van der Waals surface area contributed by atoms with Crippen molar-refractivity contribution in [2.45, 2.75) is 56.6 Å². The van der Waals surface area contributed by atoms with E-state index in [2.05, 4.69) is 29.5 Å². The highest BCUT2D eigenvalue weighted by Crippen LogP contribution is 2.50. The van der Waals surface area contributed by atoms with E-state index in [0.29, 0.717) is 50.7 Å². The van der Waals surface area contributed by atoms with Crippen LogP contribution in [-0.2, 0) is 23.2 Å². The summed E-state index contributed by atoms with van der Waals surface area (Å²) >= 11 is 6.77. The Labute approximate surface area is 229 Å². The van der Waals surface area contributed by atoms with Gasteiger partial charge < -0.3 is 24.2 Å². The number of ether oxygens (including phenoxy) is 2. The molecule has 3 aliphatic heterocycles. The number of aryl methyl sites for hydroxylation is 1. The van der Waals surface area contributed by atoms with Crippen LogP contribution in [0.4, 0.5) is 5.82 Å². The Hall–Kier alpha value is -2.84. The average Bonchev–Trinajstić information content (AvgIpc) is 3.35. The summed E-state index contributed by atoms with van der Waals surface area (Å²) in [7, 11) is 2.14. The minimum Gasteiger partial charge on any atom is -0.466 e. The number of hydrogen-bond donors (Lipinski definition) is 0. The molecule has 0 saturated carbocycles. The van der Waals surface area contributed by atoms with Gasteiger partial charge in [-0.3, -0.25) is 4.79 Å². The summed E-state index contributed by atoms with van der Waals surface area (Å²) in [6.45, 7) is 7.90. The van der Waals surface area contributed by atoms with E-state index in [9.17, 15) is 4.79 Å². The molecule has 38 heavy (non-hydrogen) atoms. The first-order valence-corrected chi connectivity index (χ1v) is 14.2. The molecular weight excluding hydrogens is 502 g/mol. The number of benzene rings is 1. The Bertz CT molecular complexity index is 1230. The van der Waals surface area contributed by atoms with Gasteiger partial charge in [-0.1, -0.05) is 30.3 Å². The van der Waals surface area contributed by atoms with Gasteiger partial charge in [0.1, 0.15) is 18.0 Å². The van der Waals surface area contributed by atoms with Gasteiger partial charge in [-0.2, -0.15) is 9.97 Å². The number of carbonyl (C=O) groups is 1. The number of aromatic nitrogens is 2. The second-order valence-corrected chi connectivity index (χ2v) is 11.3. The molecule has 2 fully saturated rings. The second kappa shape index (κ2) is 10.4. The Kier molecular flexibility index (Phi) is 6.95. The molecule has 1 spiro atoms. The van der Waals surface area contributed by atoms with Crippen LogP contribution >= 0.6 is 11.6 Å². The molecule has 0 bridgehead atoms. The van der Waals surface area contributed by atoms with Crippen LogP contribution < -0.4 is 14.4 Å². The van der Waals surface area contributed by atoms with Crippen molar-refractivity contribution in [1.29, 1.82) is 0 Å². The lowest BCUT2D eigenvalue weighted by molar-refractivity contribution is -0.126. The van der Waals surface area contributed by atoms with Crippen LogP contribution in [0.2, 0.25) is 5.02 Å². The monoisotopic (exact) mass is 537 g/mol. The van der Waals surface area contributed by atoms with Crippen molar-refractivity contribution in [2.24, 2.45) is 0 Å². The van der Waals surface area contributed by atoms with Crippen molar-refractivity contribution in [3.8, 4) is 11.9 Å². The van der Waals surface area contributed by atoms with E-state index < -0.39 is 5.60 Å². The number of nitrogens with zero attached hydrogens (tertiary/aromatic N) is 5. The van der Waals surface area contributed by atoms with E-state index in [1.165, 1.54) is 18.1 Å². The molecule has 0 radical (unpaired) electrons. The largest absolute Gasteiger partial charge is 0.466 e. The van der Waals surface area contributed by atoms with E-state index in [0.717, 1.165) is 67.0 Å². The molecule has 1 aromatic carbocycles. The maximum Gasteiger partial charge on any atom is 0.321 e. The third kappa shape index (κ3) is 4.62. The fourth-order valence-corrected chi connectivity index (χ4v) is 6.95. The first kappa shape index (κ1) is 25.4. The fraction of sp³-hybridized carbons (Fsp3) is 0.552. The van der Waals surface area contributed by atoms with E-state index >= 15 is 0 Å². The molecule has 1 amide bonds. The number of rotatable bonds is 5. The predicted molar refractivity (Wildman–Crippen MR) is 147 cm³/mol. The Morgan fingerprint density at radius 3 is 2.79 bits per heavy atom. The zero-order valence-corrected chi connectivity index (χ0v) is 22.9. The zero-order valence-electron chi connectivity index (χ0n) is 22.1. The van der Waals surface area contributed by atoms with Crippen molar-refractivity contribution < 1.29 is 14.3 Å². The number of anilines is 1. The first-order valence-electron chi connectivity index (χ1n) is 13.8. The molecular formula is C29H36ClN5O3. The van der Waals surface area contributed by atoms with E-state index in [1.807, 2.05) is 17.0 Å². The van der Waals surface area contributed by atoms with Gasteiger partial charge in [-0.05, 0) is 76.2 Å². The summed E-state index contributed by atoms with van der Waals surface area (Å²) in [6, 6.07) is 6.89. The van der Waals surface area contributed by atoms with Gasteiger partial charge in [0.2, 0.25) is 11.8 Å². The molecule has 1 aromatic heterocycles. The Morgan fingerprint density at radius 2 is 2.03 bits per heavy atom. The van der Waals surface area contributed by atoms with E-state index in [1.54, 1.807) is 0 Å². The zero-order chi connectivity index (χ0) is 26.3. The summed E-state index contributed by atoms with van der Waals surface area (Å²) in [6.07, 6.45) is 8.28. The molecule has 1 unspecified atom stereocenters. The highest BCUT2D eigenvalue weighted by Gasteiger charge is 2.45. The highest BCUT2D eigenvalue weighted by atomic mass is 35.5. The molecule has 8 nitrogen and oxygen atoms in total. The van der Waals surface area contributed by atoms with Crippen LogP contribution in [0.3, 0.4) is 0 Å². The lowest BCUT2D eigenvalue weighted by atomic mass is 9.75. The van der Waals surface area contributed by atoms with Crippen LogP contribution in [0, 0.1) is 0 Å². The lowest BCUT2D eigenvalue weighted by Crippen LogP contribution is -2.49. The average molecular weight is 538 g/mol. The van der Waals surface area contributed by atoms with Crippen LogP contribution in [0.25, 0.3) is 0 Å². The van der Waals surface area contributed by atoms with Crippen LogP contribution in [0.1, 0.15) is 48.8 Å². The van der Waals surface area contributed by atoms with Gasteiger partial charge in [0.15, 0.2) is 0 Å². The van der Waals surface area contributed by atoms with Crippen molar-refractivity contribution in [3.63, 3.8) is 0 Å². The number of fused-ring (bicyclic) bond motifs is 3. The highest BCUT2D eigenvalue weighted by molar-refractivity contribution is 6.31. The maximum atomic E-state index is 12.1. The molecule has 2 atom stereocenters. The maximum absolute atomic E-state index is 12.1. The summed E-state index contributed by atoms with van der Waals surface area (Å²) in [4.78, 5) is 28.3. The smallest absolute Gasteiger partial charge is 0.321 e. The summed E-state index contributed by atoms with van der Waals surface area (Å²) in [5, 5.41) is 0.767. The molecule has 4 aliphatic rings. The lowest BCUT2D eigenvalue weighted by Gasteiger charge is -2.43. The van der Waals surface area contributed by atoms with Crippen molar-refractivity contribution in [3.05, 3.63) is 52.6 Å². The van der Waals surface area contributed by atoms with Crippen molar-refractivity contribution >= 4 is 23.3 Å². The van der Waals surface area contributed by atoms with E-state index in [-0.39, 0.29) is 5.91 Å². The molecule has 4 heterocycles. The van der Waals surface area contributed by atoms with Crippen LogP contribution in [0.5, 0.6) is 11.9 Å². The molecule has 6 rings (SSSR count). The molecule has 0 N–H and O–H groups in total. The topological polar surface area (TPSA) is 71.0 Å². The molecule has 1 aliphatic carbocycles. The molecule has 9 heteroatoms. The quantitative estimate of drug-likeness (QED) is 0.534. The third-order valence-electron chi connectivity index (χ3n) is 8.72. The number of likely N-dealkylation sites (tertiary alicyclic amines) is 1. The summed E-state index contributed by atoms with van der Waals surface area (Å²) in [5.41, 5.74) is 2.92. The molecule has 2 aromatic rings. The number of piperazine rings is 1. The van der Waals surface area contributed by atoms with Gasteiger partial charge in [-0.15, -0.1) is 0 Å². The Morgan fingerprint density at radius 1 is 1.18 bits per heavy atom. The summed E-state index contributed by atoms with van der Waals surface area (Å²) < 4.78 is 13.1. The third-order valence-corrected chi connectivity index (χ3v) is 9.04. The second-order valence-electron chi connectivity index (χ2n) is 10.9. The van der Waals surface area contributed by atoms with Crippen molar-refractivity contribution in [2.75, 3.05) is 51.3 Å². The number of halogens is 1. The normalized spacial score (nSPS) is 25.1.